The molecule has 10 aromatic rings. The Morgan fingerprint density at radius 3 is 1.79 bits per heavy atom. The Morgan fingerprint density at radius 1 is 0.404 bits per heavy atom. The third kappa shape index (κ3) is 4.12. The van der Waals surface area contributed by atoms with Crippen molar-refractivity contribution in [2.75, 3.05) is 0 Å². The molecule has 0 saturated carbocycles. The fraction of sp³-hybridized carbons (Fsp3) is 0.0625. The SMILES string of the molecule is CC1(C)c2ccccc2-c2cc(-c3nc(-c4ccccc4)nc(-c4ccc5c(c4)c4ccccc4c4c5ccc5c6ccccc6oc54)n3)ccc21. The number of rotatable bonds is 3. The summed E-state index contributed by atoms with van der Waals surface area (Å²) >= 11 is 0. The van der Waals surface area contributed by atoms with Crippen LogP contribution in [-0.2, 0) is 5.41 Å². The molecule has 0 saturated heterocycles. The lowest BCUT2D eigenvalue weighted by atomic mass is 9.82. The number of nitrogens with zero attached hydrogens (tertiary/aromatic N) is 3. The van der Waals surface area contributed by atoms with Crippen LogP contribution < -0.4 is 0 Å². The average Bonchev–Trinajstić information content (AvgIpc) is 3.69. The summed E-state index contributed by atoms with van der Waals surface area (Å²) in [7, 11) is 0. The molecule has 0 unspecified atom stereocenters. The molecule has 0 N–H and O–H groups in total. The fourth-order valence-corrected chi connectivity index (χ4v) is 8.57. The van der Waals surface area contributed by atoms with Crippen molar-refractivity contribution in [3.63, 3.8) is 0 Å². The van der Waals surface area contributed by atoms with Crippen LogP contribution in [0, 0.1) is 0 Å². The standard InChI is InChI=1S/C48H31N3O/c1-48(2)40-18-10-8-15-33(40)39-27-30(21-25-41(39)48)47-50-45(28-12-4-3-5-13-28)49-46(51-47)29-20-22-32-36-23-24-37-34-16-9-11-19-42(34)52-44(37)43(36)35-17-7-6-14-31(35)38(32)26-29/h3-27H,1-2H3. The van der Waals surface area contributed by atoms with Gasteiger partial charge in [-0.1, -0.05) is 141 Å². The van der Waals surface area contributed by atoms with Crippen molar-refractivity contribution in [2.45, 2.75) is 19.3 Å². The molecule has 8 aromatic carbocycles. The third-order valence-corrected chi connectivity index (χ3v) is 11.1. The molecule has 2 aromatic heterocycles. The Morgan fingerprint density at radius 2 is 0.962 bits per heavy atom. The second-order valence-corrected chi connectivity index (χ2v) is 14.4. The topological polar surface area (TPSA) is 51.8 Å². The van der Waals surface area contributed by atoms with Crippen LogP contribution in [0.15, 0.2) is 156 Å². The number of furan rings is 1. The van der Waals surface area contributed by atoms with Crippen LogP contribution in [0.5, 0.6) is 0 Å². The van der Waals surface area contributed by atoms with Crippen LogP contribution in [0.1, 0.15) is 25.0 Å². The molecule has 0 radical (unpaired) electrons. The molecule has 244 valence electrons. The number of aromatic nitrogens is 3. The lowest BCUT2D eigenvalue weighted by Gasteiger charge is -2.21. The number of para-hydroxylation sites is 1. The summed E-state index contributed by atoms with van der Waals surface area (Å²) in [5, 5.41) is 9.21. The molecule has 0 spiro atoms. The summed E-state index contributed by atoms with van der Waals surface area (Å²) in [4.78, 5) is 15.4. The van der Waals surface area contributed by atoms with Crippen LogP contribution in [0.25, 0.3) is 99.5 Å². The van der Waals surface area contributed by atoms with E-state index in [1.165, 1.54) is 22.3 Å². The van der Waals surface area contributed by atoms with Gasteiger partial charge in [-0.05, 0) is 73.5 Å². The van der Waals surface area contributed by atoms with Crippen LogP contribution in [0.4, 0.5) is 0 Å². The first-order valence-electron chi connectivity index (χ1n) is 17.8. The molecule has 0 bridgehead atoms. The van der Waals surface area contributed by atoms with Crippen LogP contribution >= 0.6 is 0 Å². The molecule has 0 amide bonds. The smallest absolute Gasteiger partial charge is 0.164 e. The van der Waals surface area contributed by atoms with Gasteiger partial charge in [0.1, 0.15) is 11.2 Å². The molecule has 52 heavy (non-hydrogen) atoms. The predicted molar refractivity (Wildman–Crippen MR) is 213 cm³/mol. The van der Waals surface area contributed by atoms with E-state index >= 15 is 0 Å². The van der Waals surface area contributed by atoms with E-state index in [1.54, 1.807) is 0 Å². The second kappa shape index (κ2) is 10.7. The highest BCUT2D eigenvalue weighted by molar-refractivity contribution is 6.32. The summed E-state index contributed by atoms with van der Waals surface area (Å²) in [5.74, 6) is 1.95. The summed E-state index contributed by atoms with van der Waals surface area (Å²) in [6, 6.07) is 53.6. The van der Waals surface area contributed by atoms with E-state index in [2.05, 4.69) is 135 Å². The van der Waals surface area contributed by atoms with Gasteiger partial charge in [0.25, 0.3) is 0 Å². The van der Waals surface area contributed by atoms with E-state index < -0.39 is 0 Å². The molecule has 4 heteroatoms. The van der Waals surface area contributed by atoms with E-state index in [1.807, 2.05) is 30.3 Å². The van der Waals surface area contributed by atoms with Crippen molar-refractivity contribution in [3.8, 4) is 45.3 Å². The molecule has 1 aliphatic rings. The van der Waals surface area contributed by atoms with Crippen LogP contribution in [0.2, 0.25) is 0 Å². The number of hydrogen-bond donors (Lipinski definition) is 0. The summed E-state index contributed by atoms with van der Waals surface area (Å²) in [5.41, 5.74) is 9.81. The molecular formula is C48H31N3O. The monoisotopic (exact) mass is 665 g/mol. The van der Waals surface area contributed by atoms with Gasteiger partial charge in [-0.15, -0.1) is 0 Å². The van der Waals surface area contributed by atoms with Gasteiger partial charge in [0.05, 0.1) is 0 Å². The van der Waals surface area contributed by atoms with Gasteiger partial charge in [-0.25, -0.2) is 15.0 Å². The first-order chi connectivity index (χ1) is 25.5. The van der Waals surface area contributed by atoms with Gasteiger partial charge in [0.15, 0.2) is 17.5 Å². The Kier molecular flexibility index (Phi) is 5.98. The molecule has 0 aliphatic heterocycles. The zero-order valence-electron chi connectivity index (χ0n) is 28.7. The van der Waals surface area contributed by atoms with Crippen molar-refractivity contribution < 1.29 is 4.42 Å². The maximum Gasteiger partial charge on any atom is 0.164 e. The molecule has 1 aliphatic carbocycles. The van der Waals surface area contributed by atoms with Gasteiger partial charge in [-0.3, -0.25) is 0 Å². The van der Waals surface area contributed by atoms with Crippen molar-refractivity contribution >= 4 is 54.3 Å². The minimum Gasteiger partial charge on any atom is -0.455 e. The first kappa shape index (κ1) is 29.1. The molecule has 0 atom stereocenters. The Bertz CT molecular complexity index is 3080. The van der Waals surface area contributed by atoms with E-state index in [0.29, 0.717) is 17.5 Å². The minimum atomic E-state index is -0.0713. The van der Waals surface area contributed by atoms with Gasteiger partial charge in [0, 0.05) is 38.3 Å². The largest absolute Gasteiger partial charge is 0.455 e. The highest BCUT2D eigenvalue weighted by Gasteiger charge is 2.35. The Balaban J connectivity index is 1.14. The third-order valence-electron chi connectivity index (χ3n) is 11.1. The number of fused-ring (bicyclic) bond motifs is 13. The van der Waals surface area contributed by atoms with E-state index in [0.717, 1.165) is 70.9 Å². The second-order valence-electron chi connectivity index (χ2n) is 14.4. The lowest BCUT2D eigenvalue weighted by molar-refractivity contribution is 0.660. The fourth-order valence-electron chi connectivity index (χ4n) is 8.57. The van der Waals surface area contributed by atoms with Gasteiger partial charge in [0.2, 0.25) is 0 Å². The van der Waals surface area contributed by atoms with Crippen molar-refractivity contribution in [2.24, 2.45) is 0 Å². The Hall–Kier alpha value is -6.65. The molecule has 11 rings (SSSR count). The summed E-state index contributed by atoms with van der Waals surface area (Å²) in [6.07, 6.45) is 0. The van der Waals surface area contributed by atoms with Crippen molar-refractivity contribution in [1.82, 2.24) is 15.0 Å². The van der Waals surface area contributed by atoms with E-state index in [4.69, 9.17) is 19.4 Å². The first-order valence-corrected chi connectivity index (χ1v) is 17.8. The minimum absolute atomic E-state index is 0.0713. The maximum atomic E-state index is 6.56. The molecular weight excluding hydrogens is 635 g/mol. The van der Waals surface area contributed by atoms with E-state index in [9.17, 15) is 0 Å². The van der Waals surface area contributed by atoms with Gasteiger partial charge < -0.3 is 4.42 Å². The average molecular weight is 666 g/mol. The van der Waals surface area contributed by atoms with Crippen molar-refractivity contribution in [1.29, 1.82) is 0 Å². The molecule has 4 nitrogen and oxygen atoms in total. The quantitative estimate of drug-likeness (QED) is 0.176. The summed E-state index contributed by atoms with van der Waals surface area (Å²) in [6.45, 7) is 4.61. The zero-order chi connectivity index (χ0) is 34.6. The number of hydrogen-bond acceptors (Lipinski definition) is 4. The normalized spacial score (nSPS) is 13.3. The molecule has 2 heterocycles. The number of benzene rings is 8. The highest BCUT2D eigenvalue weighted by Crippen LogP contribution is 2.49. The highest BCUT2D eigenvalue weighted by atomic mass is 16.3. The van der Waals surface area contributed by atoms with Gasteiger partial charge >= 0.3 is 0 Å². The Labute approximate surface area is 300 Å². The zero-order valence-corrected chi connectivity index (χ0v) is 28.7. The molecule has 0 fully saturated rings. The van der Waals surface area contributed by atoms with Crippen LogP contribution in [-0.4, -0.2) is 15.0 Å². The summed E-state index contributed by atoms with van der Waals surface area (Å²) < 4.78 is 6.56. The van der Waals surface area contributed by atoms with Crippen LogP contribution in [0.3, 0.4) is 0 Å². The van der Waals surface area contributed by atoms with Crippen molar-refractivity contribution in [3.05, 3.63) is 163 Å². The van der Waals surface area contributed by atoms with Gasteiger partial charge in [-0.2, -0.15) is 0 Å². The van der Waals surface area contributed by atoms with E-state index in [-0.39, 0.29) is 5.41 Å². The maximum absolute atomic E-state index is 6.56. The predicted octanol–water partition coefficient (Wildman–Crippen LogP) is 12.5. The lowest BCUT2D eigenvalue weighted by Crippen LogP contribution is -2.14.